The Labute approximate surface area is 161 Å². The molecule has 0 spiro atoms. The first-order valence-electron chi connectivity index (χ1n) is 9.23. The van der Waals surface area contributed by atoms with Gasteiger partial charge in [-0.3, -0.25) is 0 Å². The maximum absolute atomic E-state index is 6.41. The summed E-state index contributed by atoms with van der Waals surface area (Å²) in [4.78, 5) is 0. The van der Waals surface area contributed by atoms with Crippen LogP contribution < -0.4 is 4.74 Å². The van der Waals surface area contributed by atoms with Crippen molar-refractivity contribution in [3.05, 3.63) is 94.0 Å². The van der Waals surface area contributed by atoms with Gasteiger partial charge in [0.15, 0.2) is 0 Å². The number of hydrogen-bond donors (Lipinski definition) is 0. The highest BCUT2D eigenvalue weighted by molar-refractivity contribution is 7.08. The lowest BCUT2D eigenvalue weighted by atomic mass is 9.87. The van der Waals surface area contributed by atoms with E-state index in [9.17, 15) is 0 Å². The van der Waals surface area contributed by atoms with Gasteiger partial charge < -0.3 is 4.74 Å². The van der Waals surface area contributed by atoms with E-state index in [2.05, 4.69) is 62.7 Å². The van der Waals surface area contributed by atoms with Gasteiger partial charge in [-0.25, -0.2) is 0 Å². The second kappa shape index (κ2) is 8.55. The van der Waals surface area contributed by atoms with E-state index in [4.69, 9.17) is 4.74 Å². The molecule has 0 aliphatic rings. The number of thiophene rings is 1. The monoisotopic (exact) mass is 363 g/mol. The van der Waals surface area contributed by atoms with E-state index in [1.54, 1.807) is 11.3 Å². The van der Waals surface area contributed by atoms with Crippen LogP contribution in [0.4, 0.5) is 0 Å². The molecule has 3 rings (SSSR count). The van der Waals surface area contributed by atoms with E-state index in [1.807, 2.05) is 24.3 Å². The summed E-state index contributed by atoms with van der Waals surface area (Å²) in [5.74, 6) is 1.26. The molecule has 1 radical (unpaired) electrons. The summed E-state index contributed by atoms with van der Waals surface area (Å²) in [6, 6.07) is 17.1. The summed E-state index contributed by atoms with van der Waals surface area (Å²) in [5.41, 5.74) is 6.45. The van der Waals surface area contributed by atoms with E-state index in [1.165, 1.54) is 22.3 Å². The maximum Gasteiger partial charge on any atom is 0.119 e. The van der Waals surface area contributed by atoms with Crippen molar-refractivity contribution >= 4 is 11.3 Å². The van der Waals surface area contributed by atoms with Gasteiger partial charge >= 0.3 is 0 Å². The quantitative estimate of drug-likeness (QED) is 0.452. The van der Waals surface area contributed by atoms with Crippen molar-refractivity contribution in [2.75, 3.05) is 0 Å². The van der Waals surface area contributed by atoms with Crippen molar-refractivity contribution in [1.82, 2.24) is 0 Å². The van der Waals surface area contributed by atoms with E-state index >= 15 is 0 Å². The molecule has 0 saturated heterocycles. The lowest BCUT2D eigenvalue weighted by Gasteiger charge is -2.27. The smallest absolute Gasteiger partial charge is 0.119 e. The third-order valence-corrected chi connectivity index (χ3v) is 5.76. The SMILES string of the molecule is [CH2]c1ccc(OC(CC)C(Cc2ccc(C)c(C)c2)c2ccsc2)cc1. The van der Waals surface area contributed by atoms with Crippen molar-refractivity contribution in [2.45, 2.75) is 45.6 Å². The summed E-state index contributed by atoms with van der Waals surface area (Å²) in [6.45, 7) is 10.5. The topological polar surface area (TPSA) is 9.23 Å². The largest absolute Gasteiger partial charge is 0.490 e. The first-order valence-corrected chi connectivity index (χ1v) is 10.2. The Morgan fingerprint density at radius 2 is 1.77 bits per heavy atom. The molecule has 0 saturated carbocycles. The molecule has 0 amide bonds. The summed E-state index contributed by atoms with van der Waals surface area (Å²) in [7, 11) is 0. The van der Waals surface area contributed by atoms with Gasteiger partial charge in [0.25, 0.3) is 0 Å². The fraction of sp³-hybridized carbons (Fsp3) is 0.292. The zero-order chi connectivity index (χ0) is 18.5. The lowest BCUT2D eigenvalue weighted by Crippen LogP contribution is -2.26. The Kier molecular flexibility index (Phi) is 6.16. The fourth-order valence-corrected chi connectivity index (χ4v) is 4.05. The molecule has 135 valence electrons. The van der Waals surface area contributed by atoms with Gasteiger partial charge in [0.1, 0.15) is 11.9 Å². The molecule has 2 aromatic carbocycles. The van der Waals surface area contributed by atoms with Crippen molar-refractivity contribution in [2.24, 2.45) is 0 Å². The van der Waals surface area contributed by atoms with Gasteiger partial charge in [0.2, 0.25) is 0 Å². The molecule has 26 heavy (non-hydrogen) atoms. The van der Waals surface area contributed by atoms with Crippen molar-refractivity contribution in [3.63, 3.8) is 0 Å². The first-order chi connectivity index (χ1) is 12.6. The minimum absolute atomic E-state index is 0.141. The minimum atomic E-state index is 0.141. The number of hydrogen-bond acceptors (Lipinski definition) is 2. The van der Waals surface area contributed by atoms with E-state index in [0.29, 0.717) is 5.92 Å². The summed E-state index contributed by atoms with van der Waals surface area (Å²) < 4.78 is 6.41. The van der Waals surface area contributed by atoms with Crippen LogP contribution in [-0.2, 0) is 6.42 Å². The third kappa shape index (κ3) is 4.56. The van der Waals surface area contributed by atoms with Gasteiger partial charge in [0.05, 0.1) is 0 Å². The third-order valence-electron chi connectivity index (χ3n) is 5.06. The Morgan fingerprint density at radius 3 is 2.38 bits per heavy atom. The normalized spacial score (nSPS) is 13.4. The average Bonchev–Trinajstić information content (AvgIpc) is 3.17. The molecule has 0 N–H and O–H groups in total. The second-order valence-corrected chi connectivity index (χ2v) is 7.77. The predicted octanol–water partition coefficient (Wildman–Crippen LogP) is 6.73. The zero-order valence-corrected chi connectivity index (χ0v) is 16.7. The summed E-state index contributed by atoms with van der Waals surface area (Å²) in [5, 5.41) is 4.42. The van der Waals surface area contributed by atoms with Gasteiger partial charge in [-0.05, 0) is 90.4 Å². The number of rotatable bonds is 7. The van der Waals surface area contributed by atoms with Gasteiger partial charge in [0, 0.05) is 5.92 Å². The van der Waals surface area contributed by atoms with Crippen LogP contribution in [0.3, 0.4) is 0 Å². The summed E-state index contributed by atoms with van der Waals surface area (Å²) in [6.07, 6.45) is 2.10. The Balaban J connectivity index is 1.86. The molecule has 2 atom stereocenters. The van der Waals surface area contributed by atoms with E-state index in [-0.39, 0.29) is 6.10 Å². The minimum Gasteiger partial charge on any atom is -0.490 e. The van der Waals surface area contributed by atoms with Gasteiger partial charge in [-0.1, -0.05) is 37.3 Å². The fourth-order valence-electron chi connectivity index (χ4n) is 3.33. The predicted molar refractivity (Wildman–Crippen MR) is 112 cm³/mol. The summed E-state index contributed by atoms with van der Waals surface area (Å²) >= 11 is 1.76. The molecule has 1 aromatic heterocycles. The Bertz CT molecular complexity index is 818. The molecule has 1 nitrogen and oxygen atoms in total. The Hall–Kier alpha value is -2.06. The van der Waals surface area contributed by atoms with Crippen LogP contribution in [0, 0.1) is 20.8 Å². The average molecular weight is 364 g/mol. The molecular weight excluding hydrogens is 336 g/mol. The van der Waals surface area contributed by atoms with E-state index < -0.39 is 0 Å². The highest BCUT2D eigenvalue weighted by Gasteiger charge is 2.24. The molecular formula is C24H27OS. The van der Waals surface area contributed by atoms with Crippen molar-refractivity contribution < 1.29 is 4.74 Å². The maximum atomic E-state index is 6.41. The van der Waals surface area contributed by atoms with Crippen LogP contribution in [0.15, 0.2) is 59.3 Å². The van der Waals surface area contributed by atoms with Crippen molar-refractivity contribution in [1.29, 1.82) is 0 Å². The number of benzene rings is 2. The highest BCUT2D eigenvalue weighted by atomic mass is 32.1. The van der Waals surface area contributed by atoms with Crippen LogP contribution >= 0.6 is 11.3 Å². The van der Waals surface area contributed by atoms with Crippen LogP contribution in [0.5, 0.6) is 5.75 Å². The van der Waals surface area contributed by atoms with Crippen LogP contribution in [0.1, 0.15) is 47.1 Å². The second-order valence-electron chi connectivity index (χ2n) is 6.99. The van der Waals surface area contributed by atoms with Crippen LogP contribution in [0.2, 0.25) is 0 Å². The Morgan fingerprint density at radius 1 is 1.00 bits per heavy atom. The van der Waals surface area contributed by atoms with E-state index in [0.717, 1.165) is 24.2 Å². The zero-order valence-electron chi connectivity index (χ0n) is 15.9. The molecule has 0 fully saturated rings. The highest BCUT2D eigenvalue weighted by Crippen LogP contribution is 2.31. The van der Waals surface area contributed by atoms with Crippen LogP contribution in [0.25, 0.3) is 0 Å². The molecule has 1 heterocycles. The molecule has 0 bridgehead atoms. The number of ether oxygens (including phenoxy) is 1. The van der Waals surface area contributed by atoms with Gasteiger partial charge in [-0.2, -0.15) is 11.3 Å². The molecule has 2 heteroatoms. The molecule has 0 aliphatic heterocycles. The van der Waals surface area contributed by atoms with Crippen molar-refractivity contribution in [3.8, 4) is 5.75 Å². The number of aryl methyl sites for hydroxylation is 2. The van der Waals surface area contributed by atoms with Gasteiger partial charge in [-0.15, -0.1) is 0 Å². The molecule has 0 aliphatic carbocycles. The first kappa shape index (κ1) is 18.7. The van der Waals surface area contributed by atoms with Crippen LogP contribution in [-0.4, -0.2) is 6.10 Å². The standard InChI is InChI=1S/C24H27OS/c1-5-24(25-22-10-6-17(2)7-11-22)23(21-12-13-26-16-21)15-20-9-8-18(3)19(4)14-20/h6-14,16,23-24H,2,5,15H2,1,3-4H3. The lowest BCUT2D eigenvalue weighted by molar-refractivity contribution is 0.164. The molecule has 2 unspecified atom stereocenters. The molecule has 3 aromatic rings.